The summed E-state index contributed by atoms with van der Waals surface area (Å²) in [6, 6.07) is 9.00. The minimum atomic E-state index is -3.23. The maximum Gasteiger partial charge on any atom is 0.209 e. The molecule has 102 valence electrons. The molecule has 1 heterocycles. The molecule has 0 aliphatic rings. The summed E-state index contributed by atoms with van der Waals surface area (Å²) in [6.07, 6.45) is 1.09. The van der Waals surface area contributed by atoms with Crippen molar-refractivity contribution in [3.05, 3.63) is 36.0 Å². The number of benzene rings is 1. The number of ether oxygens (including phenoxy) is 1. The molecule has 0 unspecified atom stereocenters. The fourth-order valence-corrected chi connectivity index (χ4v) is 1.90. The molecule has 6 nitrogen and oxygen atoms in total. The third kappa shape index (κ3) is 3.80. The fourth-order valence-electron chi connectivity index (χ4n) is 1.49. The van der Waals surface area contributed by atoms with E-state index in [0.29, 0.717) is 11.5 Å². The van der Waals surface area contributed by atoms with E-state index in [1.165, 1.54) is 0 Å². The van der Waals surface area contributed by atoms with Gasteiger partial charge in [-0.3, -0.25) is 0 Å². The van der Waals surface area contributed by atoms with Crippen molar-refractivity contribution in [1.82, 2.24) is 9.88 Å². The number of methoxy groups -OCH3 is 1. The van der Waals surface area contributed by atoms with Crippen molar-refractivity contribution in [3.63, 3.8) is 0 Å². The zero-order valence-corrected chi connectivity index (χ0v) is 11.4. The number of sulfonamides is 1. The summed E-state index contributed by atoms with van der Waals surface area (Å²) in [7, 11) is -1.64. The van der Waals surface area contributed by atoms with E-state index in [1.807, 2.05) is 24.3 Å². The minimum absolute atomic E-state index is 0.110. The summed E-state index contributed by atoms with van der Waals surface area (Å²) < 4.78 is 34.5. The van der Waals surface area contributed by atoms with Gasteiger partial charge in [0, 0.05) is 11.6 Å². The Labute approximate surface area is 111 Å². The van der Waals surface area contributed by atoms with Crippen molar-refractivity contribution in [2.75, 3.05) is 13.4 Å². The van der Waals surface area contributed by atoms with Crippen molar-refractivity contribution in [1.29, 1.82) is 0 Å². The first-order valence-corrected chi connectivity index (χ1v) is 7.42. The first-order valence-electron chi connectivity index (χ1n) is 5.52. The Kier molecular flexibility index (Phi) is 3.87. The third-order valence-corrected chi connectivity index (χ3v) is 3.12. The van der Waals surface area contributed by atoms with Crippen LogP contribution in [0.4, 0.5) is 0 Å². The molecule has 7 heteroatoms. The molecule has 1 aromatic carbocycles. The monoisotopic (exact) mass is 282 g/mol. The molecule has 0 atom stereocenters. The van der Waals surface area contributed by atoms with E-state index in [-0.39, 0.29) is 6.54 Å². The Balaban J connectivity index is 2.11. The molecule has 2 rings (SSSR count). The predicted octanol–water partition coefficient (Wildman–Crippen LogP) is 1.40. The molecule has 19 heavy (non-hydrogen) atoms. The van der Waals surface area contributed by atoms with Crippen LogP contribution >= 0.6 is 0 Å². The van der Waals surface area contributed by atoms with Gasteiger partial charge in [-0.15, -0.1) is 0 Å². The van der Waals surface area contributed by atoms with Gasteiger partial charge in [-0.2, -0.15) is 0 Å². The predicted molar refractivity (Wildman–Crippen MR) is 70.2 cm³/mol. The molecular weight excluding hydrogens is 268 g/mol. The first-order chi connectivity index (χ1) is 8.98. The Morgan fingerprint density at radius 1 is 1.32 bits per heavy atom. The molecule has 0 radical (unpaired) electrons. The molecule has 0 bridgehead atoms. The van der Waals surface area contributed by atoms with Crippen LogP contribution < -0.4 is 9.46 Å². The number of nitrogens with one attached hydrogen (secondary N) is 1. The van der Waals surface area contributed by atoms with Crippen molar-refractivity contribution >= 4 is 10.0 Å². The highest BCUT2D eigenvalue weighted by molar-refractivity contribution is 7.88. The lowest BCUT2D eigenvalue weighted by molar-refractivity contribution is 0.414. The Hall–Kier alpha value is -1.86. The van der Waals surface area contributed by atoms with Crippen molar-refractivity contribution < 1.29 is 17.7 Å². The minimum Gasteiger partial charge on any atom is -0.497 e. The molecule has 0 saturated heterocycles. The zero-order chi connectivity index (χ0) is 13.9. The summed E-state index contributed by atoms with van der Waals surface area (Å²) in [5, 5.41) is 3.81. The molecule has 0 saturated carbocycles. The molecule has 0 aliphatic heterocycles. The molecule has 1 N–H and O–H groups in total. The maximum atomic E-state index is 11.0. The van der Waals surface area contributed by atoms with Gasteiger partial charge in [0.15, 0.2) is 5.76 Å². The standard InChI is InChI=1S/C12H14N2O4S/c1-17-11-5-3-9(4-6-11)12-7-10(14-18-12)8-13-19(2,15)16/h3-7,13H,8H2,1-2H3. The lowest BCUT2D eigenvalue weighted by atomic mass is 10.1. The van der Waals surface area contributed by atoms with E-state index in [9.17, 15) is 8.42 Å². The van der Waals surface area contributed by atoms with Crippen molar-refractivity contribution in [3.8, 4) is 17.1 Å². The number of hydrogen-bond acceptors (Lipinski definition) is 5. The topological polar surface area (TPSA) is 81.4 Å². The van der Waals surface area contributed by atoms with Gasteiger partial charge in [0.05, 0.1) is 25.6 Å². The van der Waals surface area contributed by atoms with Gasteiger partial charge in [-0.25, -0.2) is 13.1 Å². The average Bonchev–Trinajstić information content (AvgIpc) is 2.84. The normalized spacial score (nSPS) is 11.5. The lowest BCUT2D eigenvalue weighted by Gasteiger charge is -1.99. The van der Waals surface area contributed by atoms with Gasteiger partial charge < -0.3 is 9.26 Å². The van der Waals surface area contributed by atoms with E-state index in [4.69, 9.17) is 9.26 Å². The average molecular weight is 282 g/mol. The van der Waals surface area contributed by atoms with Gasteiger partial charge in [0.2, 0.25) is 10.0 Å². The van der Waals surface area contributed by atoms with Crippen LogP contribution in [-0.4, -0.2) is 26.9 Å². The Morgan fingerprint density at radius 2 is 2.00 bits per heavy atom. The first kappa shape index (κ1) is 13.6. The van der Waals surface area contributed by atoms with Crippen LogP contribution in [0.3, 0.4) is 0 Å². The van der Waals surface area contributed by atoms with Crippen LogP contribution in [0.5, 0.6) is 5.75 Å². The quantitative estimate of drug-likeness (QED) is 0.896. The molecule has 0 aliphatic carbocycles. The second-order valence-corrected chi connectivity index (χ2v) is 5.84. The molecule has 1 aromatic heterocycles. The SMILES string of the molecule is COc1ccc(-c2cc(CNS(C)(=O)=O)no2)cc1. The van der Waals surface area contributed by atoms with E-state index in [2.05, 4.69) is 9.88 Å². The van der Waals surface area contributed by atoms with Gasteiger partial charge in [0.25, 0.3) is 0 Å². The van der Waals surface area contributed by atoms with Gasteiger partial charge in [-0.1, -0.05) is 5.16 Å². The zero-order valence-electron chi connectivity index (χ0n) is 10.6. The Morgan fingerprint density at radius 3 is 2.58 bits per heavy atom. The summed E-state index contributed by atoms with van der Waals surface area (Å²) >= 11 is 0. The van der Waals surface area contributed by atoms with Crippen LogP contribution in [0.2, 0.25) is 0 Å². The van der Waals surface area contributed by atoms with E-state index < -0.39 is 10.0 Å². The Bertz CT molecular complexity index is 647. The highest BCUT2D eigenvalue weighted by atomic mass is 32.2. The van der Waals surface area contributed by atoms with Crippen LogP contribution in [0.1, 0.15) is 5.69 Å². The second-order valence-electron chi connectivity index (χ2n) is 4.00. The van der Waals surface area contributed by atoms with E-state index in [0.717, 1.165) is 17.6 Å². The molecule has 0 spiro atoms. The third-order valence-electron chi connectivity index (χ3n) is 2.45. The number of aromatic nitrogens is 1. The van der Waals surface area contributed by atoms with Gasteiger partial charge in [0.1, 0.15) is 5.75 Å². The van der Waals surface area contributed by atoms with E-state index >= 15 is 0 Å². The summed E-state index contributed by atoms with van der Waals surface area (Å²) in [5.74, 6) is 1.33. The smallest absolute Gasteiger partial charge is 0.209 e. The maximum absolute atomic E-state index is 11.0. The van der Waals surface area contributed by atoms with Crippen LogP contribution in [-0.2, 0) is 16.6 Å². The highest BCUT2D eigenvalue weighted by Gasteiger charge is 2.08. The lowest BCUT2D eigenvalue weighted by Crippen LogP contribution is -2.21. The van der Waals surface area contributed by atoms with Crippen LogP contribution in [0.25, 0.3) is 11.3 Å². The molecular formula is C12H14N2O4S. The number of hydrogen-bond donors (Lipinski definition) is 1. The number of rotatable bonds is 5. The number of nitrogens with zero attached hydrogens (tertiary/aromatic N) is 1. The summed E-state index contributed by atoms with van der Waals surface area (Å²) in [4.78, 5) is 0. The van der Waals surface area contributed by atoms with Crippen LogP contribution in [0, 0.1) is 0 Å². The van der Waals surface area contributed by atoms with Crippen molar-refractivity contribution in [2.45, 2.75) is 6.54 Å². The van der Waals surface area contributed by atoms with E-state index in [1.54, 1.807) is 13.2 Å². The van der Waals surface area contributed by atoms with Gasteiger partial charge in [-0.05, 0) is 24.3 Å². The van der Waals surface area contributed by atoms with Crippen LogP contribution in [0.15, 0.2) is 34.9 Å². The fraction of sp³-hybridized carbons (Fsp3) is 0.250. The van der Waals surface area contributed by atoms with Crippen molar-refractivity contribution in [2.24, 2.45) is 0 Å². The molecule has 0 fully saturated rings. The summed E-state index contributed by atoms with van der Waals surface area (Å²) in [5.41, 5.74) is 1.37. The second kappa shape index (κ2) is 5.41. The molecule has 2 aromatic rings. The molecule has 0 amide bonds. The highest BCUT2D eigenvalue weighted by Crippen LogP contribution is 2.22. The van der Waals surface area contributed by atoms with Gasteiger partial charge >= 0.3 is 0 Å². The largest absolute Gasteiger partial charge is 0.497 e. The summed E-state index contributed by atoms with van der Waals surface area (Å²) in [6.45, 7) is 0.110.